The predicted octanol–water partition coefficient (Wildman–Crippen LogP) is 0.703. The normalized spacial score (nSPS) is 10.4. The van der Waals surface area contributed by atoms with Gasteiger partial charge in [0.25, 0.3) is 0 Å². The number of aromatic carboxylic acids is 1. The third kappa shape index (κ3) is 3.75. The number of methoxy groups -OCH3 is 1. The van der Waals surface area contributed by atoms with Gasteiger partial charge in [-0.25, -0.2) is 14.3 Å². The lowest BCUT2D eigenvalue weighted by atomic mass is 10.3. The quantitative estimate of drug-likeness (QED) is 0.321. The molecule has 1 rings (SSSR count). The second-order valence-electron chi connectivity index (χ2n) is 3.94. The molecule has 0 fully saturated rings. The number of ether oxygens (including phenoxy) is 2. The maximum Gasteiger partial charge on any atom is 0.363 e. The molecule has 0 unspecified atom stereocenters. The topological polar surface area (TPSA) is 134 Å². The van der Waals surface area contributed by atoms with Crippen LogP contribution in [0.4, 0.5) is 5.69 Å². The van der Waals surface area contributed by atoms with Crippen LogP contribution in [0, 0.1) is 10.1 Å². The largest absolute Gasteiger partial charge is 0.476 e. The SMILES string of the molecule is CCCOCCn1nc(C(=O)O)c([N+](=O)[O-])c1C(=O)OC. The van der Waals surface area contributed by atoms with Gasteiger partial charge >= 0.3 is 17.6 Å². The zero-order chi connectivity index (χ0) is 16.0. The number of carboxylic acid groups (broad SMARTS) is 1. The van der Waals surface area contributed by atoms with Crippen LogP contribution in [-0.2, 0) is 16.0 Å². The van der Waals surface area contributed by atoms with Gasteiger partial charge in [0.15, 0.2) is 0 Å². The second kappa shape index (κ2) is 7.33. The lowest BCUT2D eigenvalue weighted by Gasteiger charge is -2.05. The fourth-order valence-corrected chi connectivity index (χ4v) is 1.63. The Hall–Kier alpha value is -2.49. The highest BCUT2D eigenvalue weighted by Gasteiger charge is 2.36. The highest BCUT2D eigenvalue weighted by atomic mass is 16.6. The van der Waals surface area contributed by atoms with Crippen LogP contribution in [0.1, 0.15) is 34.3 Å². The number of nitro groups is 1. The van der Waals surface area contributed by atoms with E-state index in [1.165, 1.54) is 0 Å². The van der Waals surface area contributed by atoms with Gasteiger partial charge in [-0.1, -0.05) is 6.92 Å². The summed E-state index contributed by atoms with van der Waals surface area (Å²) >= 11 is 0. The maximum atomic E-state index is 11.7. The molecule has 0 saturated carbocycles. The summed E-state index contributed by atoms with van der Waals surface area (Å²) in [5.74, 6) is -2.63. The van der Waals surface area contributed by atoms with E-state index in [4.69, 9.17) is 9.84 Å². The van der Waals surface area contributed by atoms with Gasteiger partial charge in [0, 0.05) is 6.61 Å². The highest BCUT2D eigenvalue weighted by molar-refractivity contribution is 5.99. The summed E-state index contributed by atoms with van der Waals surface area (Å²) < 4.78 is 10.6. The third-order valence-electron chi connectivity index (χ3n) is 2.49. The van der Waals surface area contributed by atoms with Gasteiger partial charge in [-0.05, 0) is 6.42 Å². The van der Waals surface area contributed by atoms with Crippen LogP contribution in [0.5, 0.6) is 0 Å². The van der Waals surface area contributed by atoms with E-state index in [0.29, 0.717) is 6.61 Å². The number of carboxylic acids is 1. The molecule has 1 heterocycles. The minimum absolute atomic E-state index is 0.00144. The van der Waals surface area contributed by atoms with Crippen LogP contribution < -0.4 is 0 Å². The number of carbonyl (C=O) groups is 2. The second-order valence-corrected chi connectivity index (χ2v) is 3.94. The maximum absolute atomic E-state index is 11.7. The van der Waals surface area contributed by atoms with Gasteiger partial charge < -0.3 is 14.6 Å². The summed E-state index contributed by atoms with van der Waals surface area (Å²) in [6.07, 6.45) is 0.781. The summed E-state index contributed by atoms with van der Waals surface area (Å²) in [6, 6.07) is 0. The van der Waals surface area contributed by atoms with Crippen molar-refractivity contribution in [2.24, 2.45) is 0 Å². The van der Waals surface area contributed by atoms with Crippen molar-refractivity contribution in [2.45, 2.75) is 19.9 Å². The standard InChI is InChI=1S/C11H15N3O7/c1-3-5-21-6-4-13-9(11(17)20-2)8(14(18)19)7(12-13)10(15)16/h3-6H2,1-2H3,(H,15,16). The van der Waals surface area contributed by atoms with Crippen LogP contribution in [0.2, 0.25) is 0 Å². The van der Waals surface area contributed by atoms with Gasteiger partial charge in [0.2, 0.25) is 11.4 Å². The van der Waals surface area contributed by atoms with E-state index in [9.17, 15) is 19.7 Å². The molecule has 116 valence electrons. The van der Waals surface area contributed by atoms with E-state index >= 15 is 0 Å². The molecule has 0 spiro atoms. The lowest BCUT2D eigenvalue weighted by Crippen LogP contribution is -2.16. The minimum Gasteiger partial charge on any atom is -0.476 e. The molecule has 0 aromatic carbocycles. The number of esters is 1. The van der Waals surface area contributed by atoms with Gasteiger partial charge in [-0.2, -0.15) is 5.10 Å². The Morgan fingerprint density at radius 1 is 1.43 bits per heavy atom. The molecule has 0 aliphatic rings. The first-order valence-corrected chi connectivity index (χ1v) is 6.08. The Morgan fingerprint density at radius 3 is 2.57 bits per heavy atom. The van der Waals surface area contributed by atoms with Gasteiger partial charge in [0.1, 0.15) is 0 Å². The molecule has 1 aromatic heterocycles. The average molecular weight is 301 g/mol. The summed E-state index contributed by atoms with van der Waals surface area (Å²) in [4.78, 5) is 32.7. The van der Waals surface area contributed by atoms with E-state index in [-0.39, 0.29) is 13.2 Å². The Bertz CT molecular complexity index is 552. The zero-order valence-corrected chi connectivity index (χ0v) is 11.6. The van der Waals surface area contributed by atoms with Crippen molar-refractivity contribution in [2.75, 3.05) is 20.3 Å². The molecule has 0 saturated heterocycles. The fourth-order valence-electron chi connectivity index (χ4n) is 1.63. The number of hydrogen-bond acceptors (Lipinski definition) is 7. The number of rotatable bonds is 8. The Kier molecular flexibility index (Phi) is 5.79. The molecular weight excluding hydrogens is 286 g/mol. The molecule has 10 nitrogen and oxygen atoms in total. The van der Waals surface area contributed by atoms with Crippen LogP contribution in [-0.4, -0.2) is 52.1 Å². The van der Waals surface area contributed by atoms with Crippen LogP contribution in [0.15, 0.2) is 0 Å². The van der Waals surface area contributed by atoms with E-state index < -0.39 is 33.9 Å². The van der Waals surface area contributed by atoms with Gasteiger partial charge in [-0.15, -0.1) is 0 Å². The smallest absolute Gasteiger partial charge is 0.363 e. The summed E-state index contributed by atoms with van der Waals surface area (Å²) in [5.41, 5.74) is -2.21. The number of nitrogens with zero attached hydrogens (tertiary/aromatic N) is 3. The molecule has 1 N–H and O–H groups in total. The van der Waals surface area contributed by atoms with E-state index in [1.807, 2.05) is 6.92 Å². The lowest BCUT2D eigenvalue weighted by molar-refractivity contribution is -0.385. The number of carbonyl (C=O) groups excluding carboxylic acids is 1. The molecule has 0 radical (unpaired) electrons. The Balaban J connectivity index is 3.21. The Labute approximate surface area is 119 Å². The minimum atomic E-state index is -1.60. The highest BCUT2D eigenvalue weighted by Crippen LogP contribution is 2.24. The van der Waals surface area contributed by atoms with Crippen molar-refractivity contribution >= 4 is 17.6 Å². The third-order valence-corrected chi connectivity index (χ3v) is 2.49. The van der Waals surface area contributed by atoms with E-state index in [0.717, 1.165) is 18.2 Å². The molecule has 1 aromatic rings. The zero-order valence-electron chi connectivity index (χ0n) is 11.6. The van der Waals surface area contributed by atoms with Crippen molar-refractivity contribution in [1.82, 2.24) is 9.78 Å². The van der Waals surface area contributed by atoms with Crippen LogP contribution in [0.25, 0.3) is 0 Å². The number of aromatic nitrogens is 2. The summed E-state index contributed by atoms with van der Waals surface area (Å²) in [6.45, 7) is 2.51. The molecule has 0 aliphatic heterocycles. The first kappa shape index (κ1) is 16.6. The first-order valence-electron chi connectivity index (χ1n) is 6.08. The summed E-state index contributed by atoms with van der Waals surface area (Å²) in [5, 5.41) is 23.6. The molecule has 0 aliphatic carbocycles. The molecule has 10 heteroatoms. The fraction of sp³-hybridized carbons (Fsp3) is 0.545. The first-order chi connectivity index (χ1) is 9.93. The molecular formula is C11H15N3O7. The van der Waals surface area contributed by atoms with Crippen LogP contribution >= 0.6 is 0 Å². The Morgan fingerprint density at radius 2 is 2.10 bits per heavy atom. The van der Waals surface area contributed by atoms with Crippen molar-refractivity contribution in [3.63, 3.8) is 0 Å². The molecule has 0 amide bonds. The van der Waals surface area contributed by atoms with Crippen LogP contribution in [0.3, 0.4) is 0 Å². The van der Waals surface area contributed by atoms with Crippen molar-refractivity contribution < 1.29 is 29.1 Å². The van der Waals surface area contributed by atoms with E-state index in [1.54, 1.807) is 0 Å². The van der Waals surface area contributed by atoms with E-state index in [2.05, 4.69) is 9.84 Å². The van der Waals surface area contributed by atoms with Crippen molar-refractivity contribution in [1.29, 1.82) is 0 Å². The number of hydrogen-bond donors (Lipinski definition) is 1. The van der Waals surface area contributed by atoms with Gasteiger partial charge in [0.05, 0.1) is 25.2 Å². The average Bonchev–Trinajstić information content (AvgIpc) is 2.82. The summed E-state index contributed by atoms with van der Waals surface area (Å²) in [7, 11) is 1.04. The predicted molar refractivity (Wildman–Crippen MR) is 68.3 cm³/mol. The molecule has 21 heavy (non-hydrogen) atoms. The monoisotopic (exact) mass is 301 g/mol. The molecule has 0 atom stereocenters. The van der Waals surface area contributed by atoms with Gasteiger partial charge in [-0.3, -0.25) is 10.1 Å². The van der Waals surface area contributed by atoms with Crippen molar-refractivity contribution in [3.05, 3.63) is 21.5 Å². The molecule has 0 bridgehead atoms. The van der Waals surface area contributed by atoms with Crippen molar-refractivity contribution in [3.8, 4) is 0 Å².